The van der Waals surface area contributed by atoms with Crippen LogP contribution < -0.4 is 61.5 Å². The maximum atomic E-state index is 14.5. The van der Waals surface area contributed by atoms with Crippen LogP contribution in [-0.4, -0.2) is 124 Å². The summed E-state index contributed by atoms with van der Waals surface area (Å²) in [5, 5.41) is 10.3. The van der Waals surface area contributed by atoms with Gasteiger partial charge in [0.15, 0.2) is 24.8 Å². The van der Waals surface area contributed by atoms with Crippen LogP contribution in [0.2, 0.25) is 0 Å². The van der Waals surface area contributed by atoms with E-state index in [1.54, 1.807) is 72.6 Å². The van der Waals surface area contributed by atoms with Crippen molar-refractivity contribution in [1.29, 1.82) is 0 Å². The van der Waals surface area contributed by atoms with Crippen LogP contribution in [0.15, 0.2) is 169 Å². The fraction of sp³-hybridized carbons (Fsp3) is 0.265. The summed E-state index contributed by atoms with van der Waals surface area (Å²) in [6.07, 6.45) is 4.03. The number of aromatic nitrogens is 4. The minimum absolute atomic E-state index is 0.0658. The third-order valence-electron chi connectivity index (χ3n) is 16.3. The highest BCUT2D eigenvalue weighted by Crippen LogP contribution is 2.40. The number of rotatable bonds is 26. The van der Waals surface area contributed by atoms with E-state index in [-0.39, 0.29) is 60.1 Å². The number of benzene rings is 4. The summed E-state index contributed by atoms with van der Waals surface area (Å²) < 4.78 is 149. The van der Waals surface area contributed by atoms with Crippen molar-refractivity contribution in [2.45, 2.75) is 75.8 Å². The van der Waals surface area contributed by atoms with Crippen LogP contribution >= 0.6 is 0 Å². The Balaban J connectivity index is 0.656. The van der Waals surface area contributed by atoms with Gasteiger partial charge >= 0.3 is 36.0 Å². The highest BCUT2D eigenvalue weighted by atomic mass is 32.2. The second-order valence-corrected chi connectivity index (χ2v) is 26.9. The number of nitrogens with one attached hydrogen (secondary N) is 10. The first kappa shape index (κ1) is 75.1. The molecular weight excluding hydrogens is 1380 g/mol. The van der Waals surface area contributed by atoms with Crippen molar-refractivity contribution < 1.29 is 81.1 Å². The zero-order valence-electron chi connectivity index (χ0n) is 55.3. The first-order valence-electron chi connectivity index (χ1n) is 31.6. The number of anilines is 6. The molecule has 0 bridgehead atoms. The third-order valence-corrected chi connectivity index (χ3v) is 19.4. The van der Waals surface area contributed by atoms with Gasteiger partial charge in [0.25, 0.3) is 31.9 Å². The van der Waals surface area contributed by atoms with Gasteiger partial charge in [0, 0.05) is 99.7 Å². The predicted molar refractivity (Wildman–Crippen MR) is 365 cm³/mol. The van der Waals surface area contributed by atoms with Crippen LogP contribution in [-0.2, 0) is 74.3 Å². The molecular formula is C68H72F6N16O10S2+2. The molecule has 0 atom stereocenters. The molecule has 9 rings (SSSR count). The first-order chi connectivity index (χ1) is 48.4. The number of halogens is 6. The van der Waals surface area contributed by atoms with Crippen molar-refractivity contribution >= 4 is 89.6 Å². The molecule has 10 N–H and O–H groups in total. The molecule has 1 aliphatic heterocycles. The predicted octanol–water partition coefficient (Wildman–Crippen LogP) is 6.75. The minimum atomic E-state index is -5.11. The standard InChI is InChI=1S/C68H70F6N16O10S2/c1-43-7-13-57(45(3)61(43)79-59(91)41-89-31-19-49(20-32-89)47-15-25-75-26-16-47)101(97,98)85-55-11-9-51(39-53(55)67(69,70)71)81-83-65(95)63(93)77-23-5-29-87-35-37-88(38-36-87)30-6-24-78-64(94)66(96)84-82-52-10-12-56(54(40-52)68(72,73)74)86-102(99,100)58-14-8-44(2)62(46(58)4)80-60(92)42-90-33-21-50(22-34-90)48-17-27-76-28-18-48/h7-22,25-28,31-34,39-40,75-76H,5-6,23-24,29-30,35-38,41-42H2,1-4H3,(H6,77,78,79,80,83,84,85,86,91,92,93,94,95,96)/p+2. The molecule has 536 valence electrons. The SMILES string of the molecule is Cc1ccc(S(=O)(=O)Nc2ccc(NNC(=O)C(=O)NCCCN3CCN(CCCNC(=O)C(=O)NNc4ccc(NS(=O)(=O)c5ccc(C)c(NC(=O)C[n+]6ccc(-c7ccncc7)cc6)c5C)c(C(F)(F)F)c4)CC3)cc2C(F)(F)F)c(C)c1NC(=O)C[n+]1ccc(-c2ccncc2)cc1. The lowest BCUT2D eigenvalue weighted by Crippen LogP contribution is -2.48. The van der Waals surface area contributed by atoms with Crippen LogP contribution in [0.25, 0.3) is 22.3 Å². The van der Waals surface area contributed by atoms with E-state index in [0.29, 0.717) is 75.4 Å². The highest BCUT2D eigenvalue weighted by Gasteiger charge is 2.38. The van der Waals surface area contributed by atoms with Gasteiger partial charge in [-0.2, -0.15) is 35.5 Å². The van der Waals surface area contributed by atoms with Gasteiger partial charge in [0.1, 0.15) is 0 Å². The molecule has 0 spiro atoms. The average molecular weight is 1450 g/mol. The maximum Gasteiger partial charge on any atom is 0.418 e. The molecule has 1 aliphatic rings. The molecule has 4 aromatic heterocycles. The molecule has 0 saturated carbocycles. The lowest BCUT2D eigenvalue weighted by atomic mass is 10.1. The van der Waals surface area contributed by atoms with Crippen LogP contribution in [0.1, 0.15) is 46.2 Å². The zero-order valence-corrected chi connectivity index (χ0v) is 57.0. The van der Waals surface area contributed by atoms with Crippen molar-refractivity contribution in [3.05, 3.63) is 192 Å². The topological polar surface area (TPSA) is 331 Å². The minimum Gasteiger partial charge on any atom is -0.348 e. The van der Waals surface area contributed by atoms with E-state index in [9.17, 15) is 71.9 Å². The van der Waals surface area contributed by atoms with E-state index < -0.39 is 100 Å². The Morgan fingerprint density at radius 3 is 1.15 bits per heavy atom. The largest absolute Gasteiger partial charge is 0.418 e. The molecule has 1 fully saturated rings. The van der Waals surface area contributed by atoms with Gasteiger partial charge in [-0.1, -0.05) is 12.1 Å². The van der Waals surface area contributed by atoms with E-state index >= 15 is 0 Å². The summed E-state index contributed by atoms with van der Waals surface area (Å²) >= 11 is 0. The fourth-order valence-electron chi connectivity index (χ4n) is 11.0. The molecule has 8 aromatic rings. The highest BCUT2D eigenvalue weighted by molar-refractivity contribution is 7.93. The number of carbonyl (C=O) groups excluding carboxylic acids is 6. The Kier molecular flexibility index (Phi) is 24.2. The van der Waals surface area contributed by atoms with E-state index in [1.807, 2.05) is 68.8 Å². The fourth-order valence-corrected chi connectivity index (χ4v) is 13.6. The number of sulfonamides is 2. The lowest BCUT2D eigenvalue weighted by Gasteiger charge is -2.34. The summed E-state index contributed by atoms with van der Waals surface area (Å²) in [5.41, 5.74) is 8.40. The summed E-state index contributed by atoms with van der Waals surface area (Å²) in [4.78, 5) is 88.4. The van der Waals surface area contributed by atoms with Crippen molar-refractivity contribution in [2.75, 3.05) is 83.3 Å². The third kappa shape index (κ3) is 20.1. The van der Waals surface area contributed by atoms with Crippen LogP contribution in [0, 0.1) is 27.7 Å². The van der Waals surface area contributed by atoms with E-state index in [1.165, 1.54) is 38.1 Å². The van der Waals surface area contributed by atoms with E-state index in [4.69, 9.17) is 0 Å². The van der Waals surface area contributed by atoms with Crippen molar-refractivity contribution in [3.63, 3.8) is 0 Å². The Morgan fingerprint density at radius 2 is 0.804 bits per heavy atom. The Bertz CT molecular complexity index is 4340. The average Bonchev–Trinajstić information content (AvgIpc) is 0.782. The molecule has 26 nitrogen and oxygen atoms in total. The molecule has 5 heterocycles. The number of nitrogens with zero attached hydrogens (tertiary/aromatic N) is 6. The van der Waals surface area contributed by atoms with Gasteiger partial charge in [-0.3, -0.25) is 69.9 Å². The van der Waals surface area contributed by atoms with Crippen LogP contribution in [0.4, 0.5) is 60.5 Å². The second kappa shape index (κ2) is 32.9. The lowest BCUT2D eigenvalue weighted by molar-refractivity contribution is -0.684. The van der Waals surface area contributed by atoms with Crippen molar-refractivity contribution in [3.8, 4) is 22.3 Å². The molecule has 6 amide bonds. The number of piperazine rings is 1. The number of hydrogen-bond donors (Lipinski definition) is 10. The van der Waals surface area contributed by atoms with Crippen LogP contribution in [0.5, 0.6) is 0 Å². The molecule has 34 heteroatoms. The van der Waals surface area contributed by atoms with Gasteiger partial charge in [-0.25, -0.2) is 16.8 Å². The summed E-state index contributed by atoms with van der Waals surface area (Å²) in [6.45, 7) is 9.48. The second-order valence-electron chi connectivity index (χ2n) is 23.6. The molecule has 0 unspecified atom stereocenters. The number of amides is 6. The Hall–Kier alpha value is -11.1. The molecule has 102 heavy (non-hydrogen) atoms. The summed E-state index contributed by atoms with van der Waals surface area (Å²) in [5.74, 6) is -5.63. The monoisotopic (exact) mass is 1450 g/mol. The van der Waals surface area contributed by atoms with Crippen molar-refractivity contribution in [2.24, 2.45) is 0 Å². The van der Waals surface area contributed by atoms with E-state index in [2.05, 4.69) is 51.9 Å². The Morgan fingerprint density at radius 1 is 0.461 bits per heavy atom. The van der Waals surface area contributed by atoms with Gasteiger partial charge in [0.2, 0.25) is 13.1 Å². The smallest absolute Gasteiger partial charge is 0.348 e. The zero-order chi connectivity index (χ0) is 73.5. The molecule has 4 aromatic carbocycles. The van der Waals surface area contributed by atoms with Gasteiger partial charge < -0.3 is 31.1 Å². The van der Waals surface area contributed by atoms with Crippen LogP contribution in [0.3, 0.4) is 0 Å². The maximum absolute atomic E-state index is 14.5. The normalized spacial score (nSPS) is 12.9. The first-order valence-corrected chi connectivity index (χ1v) is 34.6. The molecule has 1 saturated heterocycles. The number of aryl methyl sites for hydroxylation is 2. The number of hydrogen-bond acceptors (Lipinski definition) is 16. The van der Waals surface area contributed by atoms with E-state index in [0.717, 1.165) is 46.5 Å². The summed E-state index contributed by atoms with van der Waals surface area (Å²) in [7, 11) is -9.43. The quantitative estimate of drug-likeness (QED) is 0.00881. The Labute approximate surface area is 582 Å². The molecule has 0 radical (unpaired) electrons. The number of pyridine rings is 4. The number of alkyl halides is 6. The van der Waals surface area contributed by atoms with Gasteiger partial charge in [0.05, 0.1) is 43.7 Å². The van der Waals surface area contributed by atoms with Gasteiger partial charge in [-0.15, -0.1) is 0 Å². The number of hydrazine groups is 2. The molecule has 0 aliphatic carbocycles. The number of carbonyl (C=O) groups is 6. The summed E-state index contributed by atoms with van der Waals surface area (Å²) in [6, 6.07) is 24.7. The van der Waals surface area contributed by atoms with Gasteiger partial charge in [-0.05, 0) is 171 Å². The van der Waals surface area contributed by atoms with Crippen molar-refractivity contribution in [1.82, 2.24) is 41.3 Å².